The van der Waals surface area contributed by atoms with Gasteiger partial charge in [-0.2, -0.15) is 11.8 Å². The second-order valence-electron chi connectivity index (χ2n) is 6.47. The van der Waals surface area contributed by atoms with E-state index in [9.17, 15) is 19.2 Å². The van der Waals surface area contributed by atoms with Gasteiger partial charge in [0.25, 0.3) is 17.7 Å². The molecule has 1 atom stereocenters. The van der Waals surface area contributed by atoms with Gasteiger partial charge in [0.2, 0.25) is 5.91 Å². The van der Waals surface area contributed by atoms with Gasteiger partial charge in [-0.1, -0.05) is 18.2 Å². The van der Waals surface area contributed by atoms with Crippen LogP contribution in [0.2, 0.25) is 0 Å². The number of carbonyl (C=O) groups excluding carboxylic acids is 4. The Morgan fingerprint density at radius 3 is 2.28 bits per heavy atom. The summed E-state index contributed by atoms with van der Waals surface area (Å²) in [4.78, 5) is 51.5. The Kier molecular flexibility index (Phi) is 6.33. The molecule has 2 aromatic rings. The summed E-state index contributed by atoms with van der Waals surface area (Å²) < 4.78 is 0. The zero-order valence-corrected chi connectivity index (χ0v) is 16.9. The molecular formula is C21H21N3O4S. The maximum atomic E-state index is 13.0. The molecule has 150 valence electrons. The van der Waals surface area contributed by atoms with E-state index in [-0.39, 0.29) is 5.91 Å². The molecule has 0 aromatic heterocycles. The number of carbonyl (C=O) groups is 4. The maximum Gasteiger partial charge on any atom is 0.262 e. The molecule has 3 rings (SSSR count). The van der Waals surface area contributed by atoms with E-state index in [2.05, 4.69) is 10.6 Å². The van der Waals surface area contributed by atoms with Crippen molar-refractivity contribution in [3.63, 3.8) is 0 Å². The number of amides is 4. The summed E-state index contributed by atoms with van der Waals surface area (Å²) >= 11 is 1.53. The van der Waals surface area contributed by atoms with Gasteiger partial charge in [0, 0.05) is 18.3 Å². The van der Waals surface area contributed by atoms with Crippen molar-refractivity contribution in [1.82, 2.24) is 10.2 Å². The number of imide groups is 1. The highest BCUT2D eigenvalue weighted by molar-refractivity contribution is 7.98. The number of benzene rings is 2. The summed E-state index contributed by atoms with van der Waals surface area (Å²) in [7, 11) is 1.52. The van der Waals surface area contributed by atoms with Gasteiger partial charge in [0.15, 0.2) is 0 Å². The van der Waals surface area contributed by atoms with Crippen molar-refractivity contribution in [2.75, 3.05) is 24.4 Å². The predicted molar refractivity (Wildman–Crippen MR) is 112 cm³/mol. The lowest BCUT2D eigenvalue weighted by Gasteiger charge is -2.25. The van der Waals surface area contributed by atoms with Crippen LogP contribution in [0.15, 0.2) is 48.5 Å². The molecule has 1 aliphatic heterocycles. The van der Waals surface area contributed by atoms with Gasteiger partial charge in [0.1, 0.15) is 6.04 Å². The summed E-state index contributed by atoms with van der Waals surface area (Å²) in [5, 5.41) is 5.27. The van der Waals surface area contributed by atoms with E-state index in [0.717, 1.165) is 4.90 Å². The first-order valence-electron chi connectivity index (χ1n) is 9.06. The summed E-state index contributed by atoms with van der Waals surface area (Å²) in [5.74, 6) is -1.08. The zero-order valence-electron chi connectivity index (χ0n) is 16.1. The first-order chi connectivity index (χ1) is 14.0. The number of rotatable bonds is 7. The topological polar surface area (TPSA) is 95.6 Å². The number of anilines is 1. The van der Waals surface area contributed by atoms with Crippen molar-refractivity contribution in [3.05, 3.63) is 65.2 Å². The van der Waals surface area contributed by atoms with E-state index in [1.54, 1.807) is 48.5 Å². The maximum absolute atomic E-state index is 13.0. The smallest absolute Gasteiger partial charge is 0.262 e. The van der Waals surface area contributed by atoms with Crippen LogP contribution in [-0.4, -0.2) is 53.6 Å². The molecule has 0 aliphatic carbocycles. The highest BCUT2D eigenvalue weighted by Crippen LogP contribution is 2.27. The molecule has 2 aromatic carbocycles. The summed E-state index contributed by atoms with van der Waals surface area (Å²) in [6, 6.07) is 12.1. The Morgan fingerprint density at radius 1 is 1.03 bits per heavy atom. The van der Waals surface area contributed by atoms with Gasteiger partial charge < -0.3 is 10.6 Å². The second kappa shape index (κ2) is 8.91. The fourth-order valence-corrected chi connectivity index (χ4v) is 3.66. The predicted octanol–water partition coefficient (Wildman–Crippen LogP) is 2.40. The minimum atomic E-state index is -0.946. The SMILES string of the molecule is CNC(=O)c1cccc(NC(=O)[C@@H](CCSC)N2C(=O)c3ccccc3C2=O)c1. The van der Waals surface area contributed by atoms with E-state index in [1.807, 2.05) is 6.26 Å². The van der Waals surface area contributed by atoms with Gasteiger partial charge in [-0.15, -0.1) is 0 Å². The number of thioether (sulfide) groups is 1. The van der Waals surface area contributed by atoms with Crippen LogP contribution < -0.4 is 10.6 Å². The molecule has 7 nitrogen and oxygen atoms in total. The van der Waals surface area contributed by atoms with E-state index in [4.69, 9.17) is 0 Å². The Balaban J connectivity index is 1.86. The third-order valence-electron chi connectivity index (χ3n) is 4.65. The number of hydrogen-bond acceptors (Lipinski definition) is 5. The number of hydrogen-bond donors (Lipinski definition) is 2. The van der Waals surface area contributed by atoms with Crippen LogP contribution in [0.25, 0.3) is 0 Å². The Morgan fingerprint density at radius 2 is 1.69 bits per heavy atom. The van der Waals surface area contributed by atoms with E-state index in [0.29, 0.717) is 34.6 Å². The highest BCUT2D eigenvalue weighted by atomic mass is 32.2. The van der Waals surface area contributed by atoms with E-state index >= 15 is 0 Å². The normalized spacial score (nSPS) is 13.8. The summed E-state index contributed by atoms with van der Waals surface area (Å²) in [6.45, 7) is 0. The Hall–Kier alpha value is -3.13. The molecule has 0 saturated heterocycles. The molecule has 1 heterocycles. The monoisotopic (exact) mass is 411 g/mol. The van der Waals surface area contributed by atoms with Gasteiger partial charge in [-0.3, -0.25) is 24.1 Å². The van der Waals surface area contributed by atoms with Crippen molar-refractivity contribution < 1.29 is 19.2 Å². The van der Waals surface area contributed by atoms with E-state index < -0.39 is 23.8 Å². The molecule has 0 radical (unpaired) electrons. The summed E-state index contributed by atoms with van der Waals surface area (Å²) in [6.07, 6.45) is 2.22. The van der Waals surface area contributed by atoms with Crippen molar-refractivity contribution in [3.8, 4) is 0 Å². The average Bonchev–Trinajstić information content (AvgIpc) is 2.99. The van der Waals surface area contributed by atoms with Gasteiger partial charge in [-0.05, 0) is 48.8 Å². The fourth-order valence-electron chi connectivity index (χ4n) is 3.21. The van der Waals surface area contributed by atoms with Crippen LogP contribution in [0.5, 0.6) is 0 Å². The average molecular weight is 411 g/mol. The Bertz CT molecular complexity index is 941. The number of nitrogens with one attached hydrogen (secondary N) is 2. The minimum Gasteiger partial charge on any atom is -0.355 e. The molecule has 0 saturated carbocycles. The third kappa shape index (κ3) is 4.17. The van der Waals surface area contributed by atoms with Crippen LogP contribution in [0.3, 0.4) is 0 Å². The molecule has 0 unspecified atom stereocenters. The van der Waals surface area contributed by atoms with E-state index in [1.165, 1.54) is 18.8 Å². The van der Waals surface area contributed by atoms with Crippen LogP contribution in [0.4, 0.5) is 5.69 Å². The molecule has 1 aliphatic rings. The quantitative estimate of drug-likeness (QED) is 0.682. The third-order valence-corrected chi connectivity index (χ3v) is 5.30. The van der Waals surface area contributed by atoms with Crippen molar-refractivity contribution in [1.29, 1.82) is 0 Å². The molecule has 29 heavy (non-hydrogen) atoms. The molecule has 0 spiro atoms. The molecule has 4 amide bonds. The second-order valence-corrected chi connectivity index (χ2v) is 7.46. The molecule has 0 fully saturated rings. The van der Waals surface area contributed by atoms with Crippen LogP contribution in [0, 0.1) is 0 Å². The minimum absolute atomic E-state index is 0.277. The molecule has 8 heteroatoms. The van der Waals surface area contributed by atoms with Crippen molar-refractivity contribution in [2.45, 2.75) is 12.5 Å². The van der Waals surface area contributed by atoms with Crippen LogP contribution in [-0.2, 0) is 4.79 Å². The van der Waals surface area contributed by atoms with Crippen molar-refractivity contribution >= 4 is 41.1 Å². The lowest BCUT2D eigenvalue weighted by Crippen LogP contribution is -2.47. The lowest BCUT2D eigenvalue weighted by atomic mass is 10.1. The van der Waals surface area contributed by atoms with Gasteiger partial charge >= 0.3 is 0 Å². The molecule has 2 N–H and O–H groups in total. The first-order valence-corrected chi connectivity index (χ1v) is 10.5. The largest absolute Gasteiger partial charge is 0.355 e. The molecule has 0 bridgehead atoms. The molecular weight excluding hydrogens is 390 g/mol. The first kappa shape index (κ1) is 20.6. The van der Waals surface area contributed by atoms with Crippen molar-refractivity contribution in [2.24, 2.45) is 0 Å². The van der Waals surface area contributed by atoms with Crippen LogP contribution in [0.1, 0.15) is 37.5 Å². The number of fused-ring (bicyclic) bond motifs is 1. The standard InChI is InChI=1S/C21H21N3O4S/c1-22-18(25)13-6-5-7-14(12-13)23-19(26)17(10-11-29-2)24-20(27)15-8-3-4-9-16(15)21(24)28/h3-9,12,17H,10-11H2,1-2H3,(H,22,25)(H,23,26)/t17-/m1/s1. The van der Waals surface area contributed by atoms with Crippen LogP contribution >= 0.6 is 11.8 Å². The highest BCUT2D eigenvalue weighted by Gasteiger charge is 2.42. The van der Waals surface area contributed by atoms with Gasteiger partial charge in [-0.25, -0.2) is 0 Å². The zero-order chi connectivity index (χ0) is 21.0. The summed E-state index contributed by atoms with van der Waals surface area (Å²) in [5.41, 5.74) is 1.43. The Labute approximate surface area is 172 Å². The van der Waals surface area contributed by atoms with Gasteiger partial charge in [0.05, 0.1) is 11.1 Å². The number of nitrogens with zero attached hydrogens (tertiary/aromatic N) is 1. The lowest BCUT2D eigenvalue weighted by molar-refractivity contribution is -0.120. The fraction of sp³-hybridized carbons (Fsp3) is 0.238.